The fraction of sp³-hybridized carbons (Fsp3) is 0.278. The number of nitro benzene ring substituents is 1. The van der Waals surface area contributed by atoms with Gasteiger partial charge in [-0.25, -0.2) is 0 Å². The number of nitrogens with zero attached hydrogens (tertiary/aromatic N) is 3. The van der Waals surface area contributed by atoms with Gasteiger partial charge in [-0.15, -0.1) is 0 Å². The average Bonchev–Trinajstić information content (AvgIpc) is 2.67. The maximum atomic E-state index is 12.7. The van der Waals surface area contributed by atoms with Crippen molar-refractivity contribution in [3.05, 3.63) is 64.2 Å². The van der Waals surface area contributed by atoms with E-state index in [1.807, 2.05) is 24.3 Å². The van der Waals surface area contributed by atoms with Crippen LogP contribution in [0.3, 0.4) is 0 Å². The largest absolute Gasteiger partial charge is 0.495 e. The van der Waals surface area contributed by atoms with Crippen molar-refractivity contribution in [2.75, 3.05) is 38.2 Å². The van der Waals surface area contributed by atoms with Crippen LogP contribution in [-0.4, -0.2) is 49.0 Å². The molecule has 1 aliphatic rings. The van der Waals surface area contributed by atoms with Crippen molar-refractivity contribution in [3.63, 3.8) is 0 Å². The van der Waals surface area contributed by atoms with Crippen molar-refractivity contribution in [1.82, 2.24) is 4.90 Å². The van der Waals surface area contributed by atoms with E-state index < -0.39 is 4.92 Å². The SMILES string of the molecule is COc1ccccc1N1CCN(C(=O)c2ccccc2[N+](=O)[O-])CC1. The Morgan fingerprint density at radius 1 is 1.04 bits per heavy atom. The van der Waals surface area contributed by atoms with Crippen molar-refractivity contribution >= 4 is 17.3 Å². The zero-order chi connectivity index (χ0) is 17.8. The minimum absolute atomic E-state index is 0.137. The van der Waals surface area contributed by atoms with Gasteiger partial charge in [0, 0.05) is 32.2 Å². The molecular weight excluding hydrogens is 322 g/mol. The van der Waals surface area contributed by atoms with E-state index in [0.717, 1.165) is 11.4 Å². The summed E-state index contributed by atoms with van der Waals surface area (Å²) in [5.74, 6) is 0.493. The van der Waals surface area contributed by atoms with Gasteiger partial charge in [0.1, 0.15) is 11.3 Å². The summed E-state index contributed by atoms with van der Waals surface area (Å²) in [6.07, 6.45) is 0. The molecule has 25 heavy (non-hydrogen) atoms. The second-order valence-corrected chi connectivity index (χ2v) is 5.73. The summed E-state index contributed by atoms with van der Waals surface area (Å²) in [5, 5.41) is 11.1. The van der Waals surface area contributed by atoms with Gasteiger partial charge in [-0.05, 0) is 18.2 Å². The number of hydrogen-bond donors (Lipinski definition) is 0. The van der Waals surface area contributed by atoms with E-state index in [4.69, 9.17) is 4.74 Å². The van der Waals surface area contributed by atoms with Crippen LogP contribution in [0, 0.1) is 10.1 Å². The molecular formula is C18H19N3O4. The fourth-order valence-electron chi connectivity index (χ4n) is 3.03. The molecule has 0 bridgehead atoms. The normalized spacial score (nSPS) is 14.3. The number of ether oxygens (including phenoxy) is 1. The lowest BCUT2D eigenvalue weighted by atomic mass is 10.1. The quantitative estimate of drug-likeness (QED) is 0.631. The molecule has 0 radical (unpaired) electrons. The molecule has 0 unspecified atom stereocenters. The summed E-state index contributed by atoms with van der Waals surface area (Å²) >= 11 is 0. The van der Waals surface area contributed by atoms with Crippen LogP contribution in [0.4, 0.5) is 11.4 Å². The average molecular weight is 341 g/mol. The number of amides is 1. The maximum Gasteiger partial charge on any atom is 0.282 e. The first-order valence-corrected chi connectivity index (χ1v) is 8.02. The van der Waals surface area contributed by atoms with E-state index in [1.165, 1.54) is 12.1 Å². The van der Waals surface area contributed by atoms with Crippen LogP contribution < -0.4 is 9.64 Å². The first-order valence-electron chi connectivity index (χ1n) is 8.02. The Kier molecular flexibility index (Phi) is 4.83. The molecule has 1 amide bonds. The van der Waals surface area contributed by atoms with Gasteiger partial charge in [0.25, 0.3) is 11.6 Å². The lowest BCUT2D eigenvalue weighted by molar-refractivity contribution is -0.385. The number of nitro groups is 1. The second-order valence-electron chi connectivity index (χ2n) is 5.73. The predicted octanol–water partition coefficient (Wildman–Crippen LogP) is 2.57. The molecule has 0 saturated carbocycles. The maximum absolute atomic E-state index is 12.7. The summed E-state index contributed by atoms with van der Waals surface area (Å²) < 4.78 is 5.39. The monoisotopic (exact) mass is 341 g/mol. The van der Waals surface area contributed by atoms with E-state index in [1.54, 1.807) is 24.1 Å². The minimum Gasteiger partial charge on any atom is -0.495 e. The van der Waals surface area contributed by atoms with Gasteiger partial charge in [0.05, 0.1) is 17.7 Å². The third kappa shape index (κ3) is 3.40. The molecule has 3 rings (SSSR count). The highest BCUT2D eigenvalue weighted by atomic mass is 16.6. The standard InChI is InChI=1S/C18H19N3O4/c1-25-17-9-5-4-8-16(17)19-10-12-20(13-11-19)18(22)14-6-2-3-7-15(14)21(23)24/h2-9H,10-13H2,1H3. The molecule has 2 aromatic rings. The Balaban J connectivity index is 1.72. The number of para-hydroxylation sites is 3. The van der Waals surface area contributed by atoms with E-state index in [2.05, 4.69) is 4.90 Å². The first kappa shape index (κ1) is 16.8. The van der Waals surface area contributed by atoms with Crippen LogP contribution in [0.25, 0.3) is 0 Å². The number of hydrogen-bond acceptors (Lipinski definition) is 5. The fourth-order valence-corrected chi connectivity index (χ4v) is 3.03. The molecule has 0 aliphatic carbocycles. The number of carbonyl (C=O) groups is 1. The summed E-state index contributed by atoms with van der Waals surface area (Å²) in [7, 11) is 1.63. The highest BCUT2D eigenvalue weighted by Crippen LogP contribution is 2.29. The zero-order valence-corrected chi connectivity index (χ0v) is 13.9. The molecule has 0 N–H and O–H groups in total. The van der Waals surface area contributed by atoms with Crippen molar-refractivity contribution in [3.8, 4) is 5.75 Å². The van der Waals surface area contributed by atoms with E-state index in [0.29, 0.717) is 26.2 Å². The van der Waals surface area contributed by atoms with Crippen LogP contribution in [0.5, 0.6) is 5.75 Å². The molecule has 7 nitrogen and oxygen atoms in total. The van der Waals surface area contributed by atoms with E-state index >= 15 is 0 Å². The lowest BCUT2D eigenvalue weighted by Gasteiger charge is -2.36. The van der Waals surface area contributed by atoms with Crippen LogP contribution >= 0.6 is 0 Å². The van der Waals surface area contributed by atoms with Crippen molar-refractivity contribution in [1.29, 1.82) is 0 Å². The Hall–Kier alpha value is -3.09. The van der Waals surface area contributed by atoms with Crippen LogP contribution in [0.2, 0.25) is 0 Å². The molecule has 1 fully saturated rings. The van der Waals surface area contributed by atoms with Crippen molar-refractivity contribution < 1.29 is 14.5 Å². The van der Waals surface area contributed by atoms with E-state index in [9.17, 15) is 14.9 Å². The summed E-state index contributed by atoms with van der Waals surface area (Å²) in [5.41, 5.74) is 0.973. The Morgan fingerprint density at radius 2 is 1.68 bits per heavy atom. The third-order valence-corrected chi connectivity index (χ3v) is 4.32. The van der Waals surface area contributed by atoms with Gasteiger partial charge >= 0.3 is 0 Å². The molecule has 1 saturated heterocycles. The topological polar surface area (TPSA) is 75.9 Å². The van der Waals surface area contributed by atoms with Crippen LogP contribution in [0.1, 0.15) is 10.4 Å². The highest BCUT2D eigenvalue weighted by molar-refractivity contribution is 5.98. The number of anilines is 1. The van der Waals surface area contributed by atoms with E-state index in [-0.39, 0.29) is 17.2 Å². The Labute approximate surface area is 145 Å². The smallest absolute Gasteiger partial charge is 0.282 e. The predicted molar refractivity (Wildman–Crippen MR) is 94.2 cm³/mol. The highest BCUT2D eigenvalue weighted by Gasteiger charge is 2.27. The molecule has 0 spiro atoms. The number of benzene rings is 2. The van der Waals surface area contributed by atoms with Crippen LogP contribution in [-0.2, 0) is 0 Å². The summed E-state index contributed by atoms with van der Waals surface area (Å²) in [4.78, 5) is 27.1. The van der Waals surface area contributed by atoms with Gasteiger partial charge in [-0.3, -0.25) is 14.9 Å². The molecule has 0 atom stereocenters. The number of carbonyl (C=O) groups excluding carboxylic acids is 1. The molecule has 1 heterocycles. The van der Waals surface area contributed by atoms with Gasteiger partial charge in [0.2, 0.25) is 0 Å². The van der Waals surface area contributed by atoms with Gasteiger partial charge in [-0.2, -0.15) is 0 Å². The molecule has 2 aromatic carbocycles. The number of rotatable bonds is 4. The van der Waals surface area contributed by atoms with Crippen molar-refractivity contribution in [2.24, 2.45) is 0 Å². The first-order chi connectivity index (χ1) is 12.1. The van der Waals surface area contributed by atoms with Crippen LogP contribution in [0.15, 0.2) is 48.5 Å². The summed E-state index contributed by atoms with van der Waals surface area (Å²) in [6.45, 7) is 2.30. The molecule has 130 valence electrons. The zero-order valence-electron chi connectivity index (χ0n) is 13.9. The Morgan fingerprint density at radius 3 is 2.36 bits per heavy atom. The lowest BCUT2D eigenvalue weighted by Crippen LogP contribution is -2.49. The Bertz CT molecular complexity index is 785. The third-order valence-electron chi connectivity index (χ3n) is 4.32. The van der Waals surface area contributed by atoms with Gasteiger partial charge in [0.15, 0.2) is 0 Å². The number of methoxy groups -OCH3 is 1. The number of piperazine rings is 1. The summed E-state index contributed by atoms with van der Waals surface area (Å²) in [6, 6.07) is 13.8. The van der Waals surface area contributed by atoms with Crippen molar-refractivity contribution in [2.45, 2.75) is 0 Å². The van der Waals surface area contributed by atoms with Gasteiger partial charge < -0.3 is 14.5 Å². The molecule has 1 aliphatic heterocycles. The molecule has 7 heteroatoms. The van der Waals surface area contributed by atoms with Gasteiger partial charge in [-0.1, -0.05) is 24.3 Å². The molecule has 0 aromatic heterocycles. The second kappa shape index (κ2) is 7.21. The minimum atomic E-state index is -0.516.